The van der Waals surface area contributed by atoms with Crippen LogP contribution in [0, 0.1) is 3.57 Å². The van der Waals surface area contributed by atoms with Gasteiger partial charge in [-0.2, -0.15) is 0 Å². The zero-order chi connectivity index (χ0) is 19.6. The number of nitrogens with one attached hydrogen (secondary N) is 2. The molecule has 8 heteroatoms. The molecule has 1 aliphatic heterocycles. The highest BCUT2D eigenvalue weighted by atomic mass is 127. The van der Waals surface area contributed by atoms with Crippen LogP contribution in [-0.2, 0) is 15.1 Å². The molecule has 1 atom stereocenters. The van der Waals surface area contributed by atoms with Crippen LogP contribution in [0.5, 0.6) is 5.75 Å². The average molecular weight is 479 g/mol. The molecule has 2 aromatic rings. The molecule has 3 rings (SSSR count). The molecule has 1 aliphatic rings. The summed E-state index contributed by atoms with van der Waals surface area (Å²) in [5.41, 5.74) is 0.0142. The number of nitrogens with zero attached hydrogens (tertiary/aromatic N) is 1. The summed E-state index contributed by atoms with van der Waals surface area (Å²) < 4.78 is 5.98. The van der Waals surface area contributed by atoms with Crippen molar-refractivity contribution in [1.29, 1.82) is 0 Å². The Labute approximate surface area is 170 Å². The van der Waals surface area contributed by atoms with Crippen molar-refractivity contribution in [1.82, 2.24) is 10.2 Å². The first kappa shape index (κ1) is 19.2. The van der Waals surface area contributed by atoms with Gasteiger partial charge in [0, 0.05) is 3.57 Å². The fourth-order valence-electron chi connectivity index (χ4n) is 2.86. The normalized spacial score (nSPS) is 19.0. The first-order valence-electron chi connectivity index (χ1n) is 8.18. The minimum atomic E-state index is -1.23. The number of halogens is 1. The molecule has 1 saturated heterocycles. The van der Waals surface area contributed by atoms with Crippen molar-refractivity contribution in [3.8, 4) is 5.75 Å². The van der Waals surface area contributed by atoms with Gasteiger partial charge >= 0.3 is 6.03 Å². The monoisotopic (exact) mass is 479 g/mol. The maximum Gasteiger partial charge on any atom is 0.325 e. The lowest BCUT2D eigenvalue weighted by Crippen LogP contribution is -2.42. The van der Waals surface area contributed by atoms with E-state index in [4.69, 9.17) is 4.74 Å². The second-order valence-corrected chi connectivity index (χ2v) is 7.37. The van der Waals surface area contributed by atoms with E-state index in [0.717, 1.165) is 8.47 Å². The Morgan fingerprint density at radius 1 is 1.19 bits per heavy atom. The van der Waals surface area contributed by atoms with Crippen LogP contribution in [0.15, 0.2) is 48.5 Å². The summed E-state index contributed by atoms with van der Waals surface area (Å²) in [6.45, 7) is 1.26. The van der Waals surface area contributed by atoms with Crippen LogP contribution in [-0.4, -0.2) is 36.4 Å². The highest BCUT2D eigenvalue weighted by molar-refractivity contribution is 14.1. The maximum absolute atomic E-state index is 12.9. The summed E-state index contributed by atoms with van der Waals surface area (Å²) in [6.07, 6.45) is 0. The number of amides is 4. The zero-order valence-corrected chi connectivity index (χ0v) is 16.9. The van der Waals surface area contributed by atoms with E-state index in [1.807, 2.05) is 12.1 Å². The number of methoxy groups -OCH3 is 1. The number of urea groups is 1. The van der Waals surface area contributed by atoms with Crippen molar-refractivity contribution < 1.29 is 19.1 Å². The summed E-state index contributed by atoms with van der Waals surface area (Å²) in [5, 5.41) is 5.40. The average Bonchev–Trinajstić information content (AvgIpc) is 2.88. The van der Waals surface area contributed by atoms with Gasteiger partial charge in [-0.25, -0.2) is 4.79 Å². The zero-order valence-electron chi connectivity index (χ0n) is 14.8. The molecule has 0 aliphatic carbocycles. The fraction of sp³-hybridized carbons (Fsp3) is 0.211. The fourth-order valence-corrected chi connectivity index (χ4v) is 3.38. The quantitative estimate of drug-likeness (QED) is 0.510. The van der Waals surface area contributed by atoms with Gasteiger partial charge in [0.15, 0.2) is 0 Å². The molecular formula is C19H18IN3O4. The molecule has 0 radical (unpaired) electrons. The maximum atomic E-state index is 12.9. The lowest BCUT2D eigenvalue weighted by atomic mass is 9.92. The van der Waals surface area contributed by atoms with E-state index in [-0.39, 0.29) is 6.54 Å². The van der Waals surface area contributed by atoms with E-state index in [1.165, 1.54) is 0 Å². The Bertz CT molecular complexity index is 900. The summed E-state index contributed by atoms with van der Waals surface area (Å²) in [5.74, 6) is -0.273. The van der Waals surface area contributed by atoms with Crippen LogP contribution in [0.1, 0.15) is 12.5 Å². The molecule has 0 saturated carbocycles. The Morgan fingerprint density at radius 3 is 2.48 bits per heavy atom. The number of ether oxygens (including phenoxy) is 1. The summed E-state index contributed by atoms with van der Waals surface area (Å²) in [7, 11) is 1.55. The highest BCUT2D eigenvalue weighted by Gasteiger charge is 2.49. The third-order valence-corrected chi connectivity index (χ3v) is 5.33. The number of hydrogen-bond donors (Lipinski definition) is 2. The molecule has 7 nitrogen and oxygen atoms in total. The Hall–Kier alpha value is -2.62. The van der Waals surface area contributed by atoms with Gasteiger partial charge in [-0.1, -0.05) is 24.3 Å². The number of hydrogen-bond acceptors (Lipinski definition) is 4. The molecular weight excluding hydrogens is 461 g/mol. The van der Waals surface area contributed by atoms with Crippen molar-refractivity contribution in [2.45, 2.75) is 12.5 Å². The van der Waals surface area contributed by atoms with Crippen molar-refractivity contribution in [2.75, 3.05) is 19.0 Å². The molecule has 0 bridgehead atoms. The third-order valence-electron chi connectivity index (χ3n) is 4.39. The summed E-state index contributed by atoms with van der Waals surface area (Å²) in [6, 6.07) is 13.5. The molecule has 0 aromatic heterocycles. The molecule has 2 aromatic carbocycles. The minimum absolute atomic E-state index is 0.360. The van der Waals surface area contributed by atoms with Gasteiger partial charge < -0.3 is 15.4 Å². The number of anilines is 1. The van der Waals surface area contributed by atoms with Crippen LogP contribution < -0.4 is 15.4 Å². The van der Waals surface area contributed by atoms with E-state index in [9.17, 15) is 14.4 Å². The molecule has 27 heavy (non-hydrogen) atoms. The molecule has 1 fully saturated rings. The minimum Gasteiger partial charge on any atom is -0.497 e. The second-order valence-electron chi connectivity index (χ2n) is 6.20. The van der Waals surface area contributed by atoms with E-state index >= 15 is 0 Å². The Kier molecular flexibility index (Phi) is 5.36. The highest BCUT2D eigenvalue weighted by Crippen LogP contribution is 2.30. The van der Waals surface area contributed by atoms with Gasteiger partial charge in [-0.3, -0.25) is 14.5 Å². The van der Waals surface area contributed by atoms with E-state index in [2.05, 4.69) is 33.2 Å². The standard InChI is InChI=1S/C19H18IN3O4/c1-19(12-7-9-13(27-2)10-8-12)17(25)23(18(26)22-19)11-16(24)21-15-6-4-3-5-14(15)20/h3-10H,11H2,1-2H3,(H,21,24)(H,22,26)/t19-/m0/s1. The predicted molar refractivity (Wildman–Crippen MR) is 108 cm³/mol. The predicted octanol–water partition coefficient (Wildman–Crippen LogP) is 2.71. The van der Waals surface area contributed by atoms with Crippen LogP contribution in [0.3, 0.4) is 0 Å². The van der Waals surface area contributed by atoms with Gasteiger partial charge in [0.25, 0.3) is 5.91 Å². The van der Waals surface area contributed by atoms with Crippen molar-refractivity contribution in [2.24, 2.45) is 0 Å². The van der Waals surface area contributed by atoms with Gasteiger partial charge in [0.05, 0.1) is 12.8 Å². The number of carbonyl (C=O) groups is 3. The van der Waals surface area contributed by atoms with Gasteiger partial charge in [0.2, 0.25) is 5.91 Å². The van der Waals surface area contributed by atoms with Crippen LogP contribution in [0.25, 0.3) is 0 Å². The molecule has 140 valence electrons. The van der Waals surface area contributed by atoms with Gasteiger partial charge in [-0.05, 0) is 59.3 Å². The van der Waals surface area contributed by atoms with Crippen molar-refractivity contribution in [3.63, 3.8) is 0 Å². The molecule has 0 unspecified atom stereocenters. The van der Waals surface area contributed by atoms with Crippen molar-refractivity contribution >= 4 is 46.1 Å². The van der Waals surface area contributed by atoms with Gasteiger partial charge in [0.1, 0.15) is 17.8 Å². The molecule has 2 N–H and O–H groups in total. The number of imide groups is 1. The lowest BCUT2D eigenvalue weighted by Gasteiger charge is -2.22. The number of benzene rings is 2. The number of para-hydroxylation sites is 1. The van der Waals surface area contributed by atoms with Crippen molar-refractivity contribution in [3.05, 3.63) is 57.7 Å². The third kappa shape index (κ3) is 3.75. The molecule has 0 spiro atoms. The first-order valence-corrected chi connectivity index (χ1v) is 9.26. The Balaban J connectivity index is 1.75. The summed E-state index contributed by atoms with van der Waals surface area (Å²) >= 11 is 2.10. The van der Waals surface area contributed by atoms with Crippen LogP contribution in [0.4, 0.5) is 10.5 Å². The number of carbonyl (C=O) groups excluding carboxylic acids is 3. The second kappa shape index (κ2) is 7.55. The number of rotatable bonds is 5. The van der Waals surface area contributed by atoms with Crippen LogP contribution >= 0.6 is 22.6 Å². The molecule has 4 amide bonds. The van der Waals surface area contributed by atoms with Crippen LogP contribution in [0.2, 0.25) is 0 Å². The SMILES string of the molecule is COc1ccc([C@]2(C)NC(=O)N(CC(=O)Nc3ccccc3I)C2=O)cc1. The lowest BCUT2D eigenvalue weighted by molar-refractivity contribution is -0.133. The van der Waals surface area contributed by atoms with E-state index < -0.39 is 23.4 Å². The smallest absolute Gasteiger partial charge is 0.325 e. The molecule has 1 heterocycles. The summed E-state index contributed by atoms with van der Waals surface area (Å²) in [4.78, 5) is 38.5. The van der Waals surface area contributed by atoms with Gasteiger partial charge in [-0.15, -0.1) is 0 Å². The Morgan fingerprint density at radius 2 is 1.85 bits per heavy atom. The topological polar surface area (TPSA) is 87.7 Å². The largest absolute Gasteiger partial charge is 0.497 e. The van der Waals surface area contributed by atoms with E-state index in [0.29, 0.717) is 17.0 Å². The first-order chi connectivity index (χ1) is 12.8. The van der Waals surface area contributed by atoms with E-state index in [1.54, 1.807) is 50.4 Å².